The average molecular weight is 462 g/mol. The first-order valence-electron chi connectivity index (χ1n) is 12.1. The number of hydrogen-bond donors (Lipinski definition) is 2. The van der Waals surface area contributed by atoms with Crippen LogP contribution in [-0.2, 0) is 16.1 Å². The van der Waals surface area contributed by atoms with E-state index < -0.39 is 0 Å². The minimum atomic E-state index is -0.247. The fourth-order valence-corrected chi connectivity index (χ4v) is 5.75. The molecular formula is C25H36ClN3O3. The molecule has 0 bridgehead atoms. The molecule has 6 nitrogen and oxygen atoms in total. The predicted octanol–water partition coefficient (Wildman–Crippen LogP) is 3.97. The van der Waals surface area contributed by atoms with Crippen molar-refractivity contribution in [1.82, 2.24) is 9.80 Å². The van der Waals surface area contributed by atoms with Crippen molar-refractivity contribution in [3.63, 3.8) is 0 Å². The second-order valence-corrected chi connectivity index (χ2v) is 10.5. The van der Waals surface area contributed by atoms with E-state index in [-0.39, 0.29) is 29.9 Å². The van der Waals surface area contributed by atoms with Gasteiger partial charge in [0.25, 0.3) is 0 Å². The first-order chi connectivity index (χ1) is 15.3. The third-order valence-electron chi connectivity index (χ3n) is 7.53. The van der Waals surface area contributed by atoms with Crippen LogP contribution in [0.15, 0.2) is 12.1 Å². The molecule has 1 atom stereocenters. The van der Waals surface area contributed by atoms with Gasteiger partial charge >= 0.3 is 0 Å². The Morgan fingerprint density at radius 3 is 2.56 bits per heavy atom. The molecule has 2 saturated carbocycles. The van der Waals surface area contributed by atoms with Gasteiger partial charge in [-0.3, -0.25) is 14.5 Å². The topological polar surface area (TPSA) is 72.9 Å². The van der Waals surface area contributed by atoms with Gasteiger partial charge in [-0.25, -0.2) is 0 Å². The van der Waals surface area contributed by atoms with Crippen LogP contribution in [0.2, 0.25) is 5.02 Å². The Balaban J connectivity index is 1.35. The van der Waals surface area contributed by atoms with Gasteiger partial charge in [0.15, 0.2) is 0 Å². The number of nitrogens with one attached hydrogen (secondary N) is 1. The summed E-state index contributed by atoms with van der Waals surface area (Å²) < 4.78 is 0. The van der Waals surface area contributed by atoms with Gasteiger partial charge in [0.2, 0.25) is 11.8 Å². The predicted molar refractivity (Wildman–Crippen MR) is 127 cm³/mol. The fourth-order valence-electron chi connectivity index (χ4n) is 5.51. The molecule has 1 aromatic rings. The zero-order valence-electron chi connectivity index (χ0n) is 19.3. The summed E-state index contributed by atoms with van der Waals surface area (Å²) in [6.45, 7) is 7.38. The van der Waals surface area contributed by atoms with E-state index in [1.165, 1.54) is 12.8 Å². The Kier molecular flexibility index (Phi) is 7.43. The number of rotatable bonds is 6. The highest BCUT2D eigenvalue weighted by Gasteiger charge is 2.33. The van der Waals surface area contributed by atoms with Crippen molar-refractivity contribution in [2.45, 2.75) is 77.5 Å². The van der Waals surface area contributed by atoms with E-state index in [9.17, 15) is 14.7 Å². The van der Waals surface area contributed by atoms with Crippen LogP contribution < -0.4 is 5.32 Å². The molecule has 3 aliphatic rings. The lowest BCUT2D eigenvalue weighted by Gasteiger charge is -2.41. The Hall–Kier alpha value is -1.63. The van der Waals surface area contributed by atoms with E-state index in [0.29, 0.717) is 30.2 Å². The summed E-state index contributed by atoms with van der Waals surface area (Å²) in [4.78, 5) is 29.8. The molecule has 3 fully saturated rings. The maximum Gasteiger partial charge on any atom is 0.226 e. The summed E-state index contributed by atoms with van der Waals surface area (Å²) in [6.07, 6.45) is 6.06. The summed E-state index contributed by atoms with van der Waals surface area (Å²) in [7, 11) is 0. The number of hydrogen-bond acceptors (Lipinski definition) is 4. The van der Waals surface area contributed by atoms with E-state index in [2.05, 4.69) is 22.0 Å². The maximum atomic E-state index is 12.9. The normalized spacial score (nSPS) is 26.8. The van der Waals surface area contributed by atoms with Crippen LogP contribution in [0.25, 0.3) is 0 Å². The van der Waals surface area contributed by atoms with Gasteiger partial charge in [0, 0.05) is 55.3 Å². The Morgan fingerprint density at radius 2 is 1.91 bits per heavy atom. The highest BCUT2D eigenvalue weighted by atomic mass is 35.5. The fraction of sp³-hybridized carbons (Fsp3) is 0.680. The molecule has 0 unspecified atom stereocenters. The van der Waals surface area contributed by atoms with Crippen LogP contribution in [-0.4, -0.2) is 58.5 Å². The molecular weight excluding hydrogens is 426 g/mol. The minimum absolute atomic E-state index is 0.0223. The van der Waals surface area contributed by atoms with Crippen LogP contribution >= 0.6 is 11.6 Å². The smallest absolute Gasteiger partial charge is 0.226 e. The molecule has 2 N–H and O–H groups in total. The summed E-state index contributed by atoms with van der Waals surface area (Å²) >= 11 is 6.40. The quantitative estimate of drug-likeness (QED) is 0.672. The summed E-state index contributed by atoms with van der Waals surface area (Å²) in [5.74, 6) is 0.825. The zero-order valence-corrected chi connectivity index (χ0v) is 20.0. The summed E-state index contributed by atoms with van der Waals surface area (Å²) in [6, 6.07) is 4.00. The third-order valence-corrected chi connectivity index (χ3v) is 7.75. The van der Waals surface area contributed by atoms with Gasteiger partial charge in [0.1, 0.15) is 0 Å². The summed E-state index contributed by atoms with van der Waals surface area (Å²) in [5.41, 5.74) is 2.91. The molecule has 1 saturated heterocycles. The first-order valence-corrected chi connectivity index (χ1v) is 12.5. The van der Waals surface area contributed by atoms with Crippen molar-refractivity contribution in [3.8, 4) is 0 Å². The molecule has 1 aliphatic heterocycles. The molecule has 1 heterocycles. The van der Waals surface area contributed by atoms with Crippen molar-refractivity contribution in [1.29, 1.82) is 0 Å². The van der Waals surface area contributed by atoms with Crippen LogP contribution in [0.4, 0.5) is 5.69 Å². The molecule has 176 valence electrons. The number of amides is 2. The molecule has 7 heteroatoms. The number of nitrogens with zero attached hydrogens (tertiary/aromatic N) is 2. The average Bonchev–Trinajstić information content (AvgIpc) is 3.25. The van der Waals surface area contributed by atoms with E-state index in [1.807, 2.05) is 19.1 Å². The van der Waals surface area contributed by atoms with E-state index in [4.69, 9.17) is 11.6 Å². The lowest BCUT2D eigenvalue weighted by molar-refractivity contribution is -0.140. The maximum absolute atomic E-state index is 12.9. The minimum Gasteiger partial charge on any atom is -0.393 e. The highest BCUT2D eigenvalue weighted by molar-refractivity contribution is 6.31. The molecule has 0 aromatic heterocycles. The molecule has 2 amide bonds. The Bertz CT molecular complexity index is 849. The van der Waals surface area contributed by atoms with Gasteiger partial charge in [-0.15, -0.1) is 0 Å². The molecule has 0 radical (unpaired) electrons. The number of piperazine rings is 1. The number of anilines is 1. The Labute approximate surface area is 196 Å². The van der Waals surface area contributed by atoms with E-state index >= 15 is 0 Å². The monoisotopic (exact) mass is 461 g/mol. The first kappa shape index (κ1) is 23.5. The Morgan fingerprint density at radius 1 is 1.19 bits per heavy atom. The van der Waals surface area contributed by atoms with Crippen molar-refractivity contribution in [2.24, 2.45) is 11.8 Å². The van der Waals surface area contributed by atoms with Crippen molar-refractivity contribution < 1.29 is 14.7 Å². The lowest BCUT2D eigenvalue weighted by Crippen LogP contribution is -2.54. The molecule has 0 spiro atoms. The van der Waals surface area contributed by atoms with Crippen molar-refractivity contribution in [2.75, 3.05) is 25.0 Å². The number of benzene rings is 1. The number of carbonyl (C=O) groups excluding carboxylic acids is 2. The number of carbonyl (C=O) groups is 2. The molecule has 32 heavy (non-hydrogen) atoms. The lowest BCUT2D eigenvalue weighted by atomic mass is 9.80. The number of halogens is 1. The van der Waals surface area contributed by atoms with Crippen LogP contribution in [0.3, 0.4) is 0 Å². The largest absolute Gasteiger partial charge is 0.393 e. The van der Waals surface area contributed by atoms with Gasteiger partial charge in [0.05, 0.1) is 6.10 Å². The van der Waals surface area contributed by atoms with Crippen LogP contribution in [0, 0.1) is 18.8 Å². The van der Waals surface area contributed by atoms with Gasteiger partial charge in [-0.1, -0.05) is 24.4 Å². The number of aliphatic hydroxyl groups is 1. The van der Waals surface area contributed by atoms with Gasteiger partial charge < -0.3 is 15.3 Å². The van der Waals surface area contributed by atoms with E-state index in [1.54, 1.807) is 0 Å². The standard InChI is InChI=1S/C25H36ClN3O3/c1-16-14-28(7-8-29(16)25(32)19-5-3-4-6-19)15-20-12-21(26)13-23(17(20)2)27-24(31)11-18-9-22(30)10-18/h12-13,16,18-19,22,30H,3-11,14-15H2,1-2H3,(H,27,31)/t16-,18-,22-/m0/s1. The van der Waals surface area contributed by atoms with Crippen molar-refractivity contribution >= 4 is 29.1 Å². The SMILES string of the molecule is Cc1c(CN2CCN(C(=O)C3CCCC3)[C@@H](C)C2)cc(Cl)cc1NC(=O)C[C@H]1C[C@H](O)C1. The van der Waals surface area contributed by atoms with Crippen LogP contribution in [0.5, 0.6) is 0 Å². The highest BCUT2D eigenvalue weighted by Crippen LogP contribution is 2.32. The summed E-state index contributed by atoms with van der Waals surface area (Å²) in [5, 5.41) is 13.1. The molecule has 2 aliphatic carbocycles. The van der Waals surface area contributed by atoms with E-state index in [0.717, 1.165) is 55.8 Å². The second kappa shape index (κ2) is 10.1. The second-order valence-electron chi connectivity index (χ2n) is 10.1. The van der Waals surface area contributed by atoms with Crippen LogP contribution in [0.1, 0.15) is 63.0 Å². The third kappa shape index (κ3) is 5.46. The van der Waals surface area contributed by atoms with Crippen molar-refractivity contribution in [3.05, 3.63) is 28.3 Å². The molecule has 1 aromatic carbocycles. The zero-order chi connectivity index (χ0) is 22.8. The van der Waals surface area contributed by atoms with Gasteiger partial charge in [-0.05, 0) is 68.7 Å². The molecule has 4 rings (SSSR count). The number of aliphatic hydroxyl groups excluding tert-OH is 1. The van der Waals surface area contributed by atoms with Gasteiger partial charge in [-0.2, -0.15) is 0 Å².